The van der Waals surface area contributed by atoms with Crippen molar-refractivity contribution in [2.75, 3.05) is 32.8 Å². The van der Waals surface area contributed by atoms with Crippen molar-refractivity contribution >= 4 is 5.91 Å². The summed E-state index contributed by atoms with van der Waals surface area (Å²) in [5, 5.41) is 3.41. The first-order chi connectivity index (χ1) is 9.63. The van der Waals surface area contributed by atoms with Gasteiger partial charge in [-0.15, -0.1) is 0 Å². The van der Waals surface area contributed by atoms with E-state index in [1.807, 2.05) is 0 Å². The van der Waals surface area contributed by atoms with Gasteiger partial charge in [-0.05, 0) is 38.1 Å². The Hall–Kier alpha value is -0.610. The van der Waals surface area contributed by atoms with E-state index in [1.54, 1.807) is 0 Å². The summed E-state index contributed by atoms with van der Waals surface area (Å²) in [4.78, 5) is 15.4. The van der Waals surface area contributed by atoms with Crippen molar-refractivity contribution < 1.29 is 9.53 Å². The first-order valence-electron chi connectivity index (χ1n) is 8.23. The van der Waals surface area contributed by atoms with Crippen LogP contribution in [0.2, 0.25) is 0 Å². The normalized spacial score (nSPS) is 33.9. The van der Waals surface area contributed by atoms with E-state index in [0.717, 1.165) is 45.7 Å². The van der Waals surface area contributed by atoms with Crippen LogP contribution < -0.4 is 5.32 Å². The molecule has 0 radical (unpaired) electrons. The Morgan fingerprint density at radius 1 is 1.40 bits per heavy atom. The predicted octanol–water partition coefficient (Wildman–Crippen LogP) is 1.65. The minimum atomic E-state index is -0.165. The molecular weight excluding hydrogens is 252 g/mol. The van der Waals surface area contributed by atoms with Crippen molar-refractivity contribution in [3.8, 4) is 0 Å². The molecule has 3 rings (SSSR count). The summed E-state index contributed by atoms with van der Waals surface area (Å²) in [6.45, 7) is 8.86. The molecule has 20 heavy (non-hydrogen) atoms. The van der Waals surface area contributed by atoms with Gasteiger partial charge in [-0.25, -0.2) is 0 Å². The van der Waals surface area contributed by atoms with Gasteiger partial charge in [0.15, 0.2) is 0 Å². The maximum Gasteiger partial charge on any atom is 0.230 e. The first kappa shape index (κ1) is 14.3. The van der Waals surface area contributed by atoms with Crippen molar-refractivity contribution in [1.82, 2.24) is 10.2 Å². The first-order valence-corrected chi connectivity index (χ1v) is 8.23. The van der Waals surface area contributed by atoms with Gasteiger partial charge in [0.2, 0.25) is 5.91 Å². The molecule has 1 amide bonds. The Morgan fingerprint density at radius 3 is 2.70 bits per heavy atom. The lowest BCUT2D eigenvalue weighted by molar-refractivity contribution is -0.145. The van der Waals surface area contributed by atoms with Crippen LogP contribution in [0.15, 0.2) is 0 Å². The smallest absolute Gasteiger partial charge is 0.230 e. The van der Waals surface area contributed by atoms with Crippen molar-refractivity contribution in [2.45, 2.75) is 45.6 Å². The molecule has 0 bridgehead atoms. The van der Waals surface area contributed by atoms with Crippen LogP contribution in [0, 0.1) is 17.3 Å². The molecule has 2 saturated heterocycles. The maximum atomic E-state index is 13.2. The molecule has 2 aliphatic heterocycles. The van der Waals surface area contributed by atoms with Crippen LogP contribution in [-0.4, -0.2) is 49.7 Å². The molecule has 4 heteroatoms. The number of nitrogens with zero attached hydrogens (tertiary/aromatic N) is 1. The second-order valence-corrected chi connectivity index (χ2v) is 7.16. The number of carbonyl (C=O) groups excluding carboxylic acids is 1. The molecule has 3 aliphatic rings. The van der Waals surface area contributed by atoms with Gasteiger partial charge in [-0.1, -0.05) is 13.8 Å². The third-order valence-corrected chi connectivity index (χ3v) is 5.45. The summed E-state index contributed by atoms with van der Waals surface area (Å²) < 4.78 is 5.49. The van der Waals surface area contributed by atoms with Gasteiger partial charge in [0.05, 0.1) is 12.0 Å². The second kappa shape index (κ2) is 5.64. The molecular formula is C16H28N2O2. The molecule has 2 heterocycles. The van der Waals surface area contributed by atoms with Crippen LogP contribution in [0.3, 0.4) is 0 Å². The Morgan fingerprint density at radius 2 is 2.20 bits per heavy atom. The fraction of sp³-hybridized carbons (Fsp3) is 0.938. The summed E-state index contributed by atoms with van der Waals surface area (Å²) in [6.07, 6.45) is 4.50. The molecule has 1 aliphatic carbocycles. The van der Waals surface area contributed by atoms with E-state index in [-0.39, 0.29) is 5.41 Å². The number of amides is 1. The minimum absolute atomic E-state index is 0.165. The number of nitrogens with one attached hydrogen (secondary N) is 1. The zero-order valence-electron chi connectivity index (χ0n) is 12.9. The summed E-state index contributed by atoms with van der Waals surface area (Å²) in [5.41, 5.74) is -0.165. The zero-order valence-corrected chi connectivity index (χ0v) is 12.9. The summed E-state index contributed by atoms with van der Waals surface area (Å²) in [7, 11) is 0. The van der Waals surface area contributed by atoms with Crippen LogP contribution >= 0.6 is 0 Å². The van der Waals surface area contributed by atoms with Crippen LogP contribution in [0.5, 0.6) is 0 Å². The highest BCUT2D eigenvalue weighted by Crippen LogP contribution is 2.40. The average Bonchev–Trinajstić information content (AvgIpc) is 2.95. The van der Waals surface area contributed by atoms with Crippen LogP contribution in [0.4, 0.5) is 0 Å². The Labute approximate surface area is 122 Å². The fourth-order valence-electron chi connectivity index (χ4n) is 3.71. The zero-order chi connectivity index (χ0) is 14.2. The molecule has 1 saturated carbocycles. The summed E-state index contributed by atoms with van der Waals surface area (Å²) in [5.74, 6) is 1.37. The standard InChI is InChI=1S/C16H28N2O2/c1-12(2)16(6-7-17-11-16)15(19)18(14-3-4-14)9-13-5-8-20-10-13/h12-14,17H,3-11H2,1-2H3. The molecule has 1 N–H and O–H groups in total. The number of hydrogen-bond donors (Lipinski definition) is 1. The van der Waals surface area contributed by atoms with E-state index < -0.39 is 0 Å². The highest BCUT2D eigenvalue weighted by molar-refractivity contribution is 5.84. The highest BCUT2D eigenvalue weighted by Gasteiger charge is 2.49. The Balaban J connectivity index is 1.73. The second-order valence-electron chi connectivity index (χ2n) is 7.16. The van der Waals surface area contributed by atoms with Crippen molar-refractivity contribution in [3.63, 3.8) is 0 Å². The van der Waals surface area contributed by atoms with E-state index in [2.05, 4.69) is 24.1 Å². The summed E-state index contributed by atoms with van der Waals surface area (Å²) >= 11 is 0. The molecule has 2 atom stereocenters. The van der Waals surface area contributed by atoms with Gasteiger partial charge in [0, 0.05) is 31.7 Å². The SMILES string of the molecule is CC(C)C1(C(=O)N(CC2CCOC2)C2CC2)CCNC1. The number of hydrogen-bond acceptors (Lipinski definition) is 3. The third-order valence-electron chi connectivity index (χ3n) is 5.45. The average molecular weight is 280 g/mol. The van der Waals surface area contributed by atoms with Gasteiger partial charge < -0.3 is 15.0 Å². The van der Waals surface area contributed by atoms with Gasteiger partial charge in [0.1, 0.15) is 0 Å². The van der Waals surface area contributed by atoms with E-state index in [1.165, 1.54) is 12.8 Å². The maximum absolute atomic E-state index is 13.2. The van der Waals surface area contributed by atoms with E-state index in [4.69, 9.17) is 4.74 Å². The molecule has 3 fully saturated rings. The molecule has 0 aromatic rings. The van der Waals surface area contributed by atoms with Crippen LogP contribution in [-0.2, 0) is 9.53 Å². The van der Waals surface area contributed by atoms with Gasteiger partial charge in [-0.3, -0.25) is 4.79 Å². The fourth-order valence-corrected chi connectivity index (χ4v) is 3.71. The lowest BCUT2D eigenvalue weighted by Crippen LogP contribution is -2.50. The topological polar surface area (TPSA) is 41.6 Å². The Kier molecular flexibility index (Phi) is 4.04. The number of ether oxygens (including phenoxy) is 1. The minimum Gasteiger partial charge on any atom is -0.381 e. The molecule has 0 aromatic heterocycles. The van der Waals surface area contributed by atoms with Gasteiger partial charge in [-0.2, -0.15) is 0 Å². The third kappa shape index (κ3) is 2.60. The largest absolute Gasteiger partial charge is 0.381 e. The van der Waals surface area contributed by atoms with Crippen LogP contribution in [0.25, 0.3) is 0 Å². The monoisotopic (exact) mass is 280 g/mol. The lowest BCUT2D eigenvalue weighted by atomic mass is 9.75. The van der Waals surface area contributed by atoms with E-state index >= 15 is 0 Å². The van der Waals surface area contributed by atoms with Crippen molar-refractivity contribution in [1.29, 1.82) is 0 Å². The van der Waals surface area contributed by atoms with Crippen molar-refractivity contribution in [2.24, 2.45) is 17.3 Å². The molecule has 2 unspecified atom stereocenters. The number of carbonyl (C=O) groups is 1. The molecule has 0 spiro atoms. The Bertz CT molecular complexity index is 353. The molecule has 114 valence electrons. The summed E-state index contributed by atoms with van der Waals surface area (Å²) in [6, 6.07) is 0.513. The predicted molar refractivity (Wildman–Crippen MR) is 78.4 cm³/mol. The van der Waals surface area contributed by atoms with E-state index in [9.17, 15) is 4.79 Å². The van der Waals surface area contributed by atoms with Gasteiger partial charge >= 0.3 is 0 Å². The van der Waals surface area contributed by atoms with Gasteiger partial charge in [0.25, 0.3) is 0 Å². The van der Waals surface area contributed by atoms with E-state index in [0.29, 0.717) is 23.8 Å². The van der Waals surface area contributed by atoms with Crippen LogP contribution in [0.1, 0.15) is 39.5 Å². The number of rotatable bonds is 5. The molecule has 4 nitrogen and oxygen atoms in total. The lowest BCUT2D eigenvalue weighted by Gasteiger charge is -2.38. The highest BCUT2D eigenvalue weighted by atomic mass is 16.5. The van der Waals surface area contributed by atoms with Crippen molar-refractivity contribution in [3.05, 3.63) is 0 Å². The quantitative estimate of drug-likeness (QED) is 0.832. The molecule has 0 aromatic carbocycles.